The summed E-state index contributed by atoms with van der Waals surface area (Å²) in [4.78, 5) is 20.9. The molecular formula is C18H32N4O. The lowest BCUT2D eigenvalue weighted by molar-refractivity contribution is -0.127. The van der Waals surface area contributed by atoms with Crippen molar-refractivity contribution in [3.63, 3.8) is 0 Å². The van der Waals surface area contributed by atoms with Crippen molar-refractivity contribution in [2.75, 3.05) is 39.3 Å². The average molecular weight is 320 g/mol. The van der Waals surface area contributed by atoms with Crippen LogP contribution in [0.25, 0.3) is 0 Å². The number of guanidine groups is 1. The molecule has 0 aromatic heterocycles. The highest BCUT2D eigenvalue weighted by Crippen LogP contribution is 2.45. The molecule has 3 rings (SSSR count). The predicted octanol–water partition coefficient (Wildman–Crippen LogP) is 2.23. The number of aliphatic imine (C=N–C) groups is 1. The fraction of sp³-hybridized carbons (Fsp3) is 0.889. The molecule has 5 nitrogen and oxygen atoms in total. The highest BCUT2D eigenvalue weighted by molar-refractivity contribution is 5.80. The van der Waals surface area contributed by atoms with E-state index in [0.717, 1.165) is 57.9 Å². The zero-order chi connectivity index (χ0) is 16.1. The van der Waals surface area contributed by atoms with Crippen LogP contribution in [-0.2, 0) is 4.79 Å². The Hall–Kier alpha value is -1.26. The molecule has 130 valence electrons. The fourth-order valence-electron chi connectivity index (χ4n) is 4.46. The van der Waals surface area contributed by atoms with Crippen LogP contribution >= 0.6 is 0 Å². The Morgan fingerprint density at radius 1 is 1.22 bits per heavy atom. The Kier molecular flexibility index (Phi) is 5.44. The second-order valence-corrected chi connectivity index (χ2v) is 7.45. The molecule has 3 fully saturated rings. The van der Waals surface area contributed by atoms with Crippen molar-refractivity contribution in [1.82, 2.24) is 15.1 Å². The van der Waals surface area contributed by atoms with Gasteiger partial charge in [-0.25, -0.2) is 0 Å². The highest BCUT2D eigenvalue weighted by atomic mass is 16.2. The average Bonchev–Trinajstić information content (AvgIpc) is 3.27. The number of rotatable bonds is 5. The van der Waals surface area contributed by atoms with Crippen molar-refractivity contribution in [2.45, 2.75) is 58.3 Å². The van der Waals surface area contributed by atoms with Gasteiger partial charge in [0.15, 0.2) is 5.96 Å². The molecule has 0 radical (unpaired) electrons. The zero-order valence-corrected chi connectivity index (χ0v) is 14.6. The first-order chi connectivity index (χ1) is 11.2. The van der Waals surface area contributed by atoms with Crippen LogP contribution in [0.1, 0.15) is 58.3 Å². The lowest BCUT2D eigenvalue weighted by Gasteiger charge is -2.26. The van der Waals surface area contributed by atoms with Gasteiger partial charge >= 0.3 is 0 Å². The number of hydrogen-bond donors (Lipinski definition) is 1. The molecule has 2 aliphatic heterocycles. The molecule has 2 saturated heterocycles. The maximum atomic E-state index is 11.6. The number of nitrogens with one attached hydrogen (secondary N) is 1. The van der Waals surface area contributed by atoms with Crippen molar-refractivity contribution >= 4 is 11.9 Å². The highest BCUT2D eigenvalue weighted by Gasteiger charge is 2.41. The van der Waals surface area contributed by atoms with Gasteiger partial charge in [-0.3, -0.25) is 9.79 Å². The predicted molar refractivity (Wildman–Crippen MR) is 93.5 cm³/mol. The van der Waals surface area contributed by atoms with E-state index in [4.69, 9.17) is 4.99 Å². The molecule has 3 aliphatic rings. The molecule has 1 N–H and O–H groups in total. The number of carbonyl (C=O) groups is 1. The first-order valence-corrected chi connectivity index (χ1v) is 9.53. The Bertz CT molecular complexity index is 442. The number of nitrogens with zero attached hydrogens (tertiary/aromatic N) is 3. The third-order valence-corrected chi connectivity index (χ3v) is 5.76. The van der Waals surface area contributed by atoms with Crippen molar-refractivity contribution in [3.05, 3.63) is 0 Å². The number of amides is 1. The summed E-state index contributed by atoms with van der Waals surface area (Å²) >= 11 is 0. The minimum Gasteiger partial charge on any atom is -0.357 e. The molecule has 23 heavy (non-hydrogen) atoms. The standard InChI is InChI=1S/C18H32N4O/c1-2-19-17(20-11-6-13-21-12-5-7-16(21)23)22-14-10-18(15-22)8-3-4-9-18/h2-15H2,1H3,(H,19,20). The van der Waals surface area contributed by atoms with E-state index < -0.39 is 0 Å². The molecule has 0 unspecified atom stereocenters. The Labute approximate surface area is 140 Å². The molecule has 0 aromatic rings. The largest absolute Gasteiger partial charge is 0.357 e. The van der Waals surface area contributed by atoms with Crippen LogP contribution in [0.5, 0.6) is 0 Å². The number of likely N-dealkylation sites (tertiary alicyclic amines) is 2. The van der Waals surface area contributed by atoms with E-state index in [1.807, 2.05) is 4.90 Å². The summed E-state index contributed by atoms with van der Waals surface area (Å²) in [6.07, 6.45) is 9.69. The quantitative estimate of drug-likeness (QED) is 0.480. The SMILES string of the molecule is CCNC(=NCCCN1CCCC1=O)N1CCC2(CCCC2)C1. The maximum absolute atomic E-state index is 11.6. The van der Waals surface area contributed by atoms with Gasteiger partial charge in [-0.05, 0) is 44.4 Å². The van der Waals surface area contributed by atoms with Crippen LogP contribution < -0.4 is 5.32 Å². The molecule has 1 saturated carbocycles. The van der Waals surface area contributed by atoms with Crippen molar-refractivity contribution < 1.29 is 4.79 Å². The lowest BCUT2D eigenvalue weighted by atomic mass is 9.86. The second-order valence-electron chi connectivity index (χ2n) is 7.45. The normalized spacial score (nSPS) is 24.2. The summed E-state index contributed by atoms with van der Waals surface area (Å²) in [5.74, 6) is 1.41. The first-order valence-electron chi connectivity index (χ1n) is 9.53. The third kappa shape index (κ3) is 3.99. The summed E-state index contributed by atoms with van der Waals surface area (Å²) < 4.78 is 0. The minimum absolute atomic E-state index is 0.323. The Balaban J connectivity index is 1.48. The summed E-state index contributed by atoms with van der Waals surface area (Å²) in [5, 5.41) is 3.46. The number of hydrogen-bond acceptors (Lipinski definition) is 2. The van der Waals surface area contributed by atoms with Crippen LogP contribution in [0.3, 0.4) is 0 Å². The van der Waals surface area contributed by atoms with E-state index in [1.165, 1.54) is 38.6 Å². The molecule has 0 bridgehead atoms. The fourth-order valence-corrected chi connectivity index (χ4v) is 4.46. The van der Waals surface area contributed by atoms with E-state index >= 15 is 0 Å². The number of carbonyl (C=O) groups excluding carboxylic acids is 1. The van der Waals surface area contributed by atoms with E-state index in [9.17, 15) is 4.79 Å². The van der Waals surface area contributed by atoms with Gasteiger partial charge in [0.2, 0.25) is 5.91 Å². The monoisotopic (exact) mass is 320 g/mol. The maximum Gasteiger partial charge on any atom is 0.222 e. The van der Waals surface area contributed by atoms with Gasteiger partial charge in [-0.2, -0.15) is 0 Å². The summed E-state index contributed by atoms with van der Waals surface area (Å²) in [6, 6.07) is 0. The van der Waals surface area contributed by atoms with E-state index in [2.05, 4.69) is 17.1 Å². The van der Waals surface area contributed by atoms with E-state index in [0.29, 0.717) is 11.3 Å². The lowest BCUT2D eigenvalue weighted by Crippen LogP contribution is -2.41. The first kappa shape index (κ1) is 16.6. The van der Waals surface area contributed by atoms with E-state index in [-0.39, 0.29) is 0 Å². The topological polar surface area (TPSA) is 47.9 Å². The third-order valence-electron chi connectivity index (χ3n) is 5.76. The molecule has 0 aromatic carbocycles. The smallest absolute Gasteiger partial charge is 0.222 e. The molecule has 1 aliphatic carbocycles. The van der Waals surface area contributed by atoms with Gasteiger partial charge in [0.05, 0.1) is 0 Å². The van der Waals surface area contributed by atoms with Crippen molar-refractivity contribution in [3.8, 4) is 0 Å². The molecule has 0 atom stereocenters. The summed E-state index contributed by atoms with van der Waals surface area (Å²) in [6.45, 7) is 8.02. The van der Waals surface area contributed by atoms with Gasteiger partial charge < -0.3 is 15.1 Å². The second kappa shape index (κ2) is 7.54. The molecule has 1 spiro atoms. The summed E-state index contributed by atoms with van der Waals surface area (Å²) in [7, 11) is 0. The Morgan fingerprint density at radius 3 is 2.74 bits per heavy atom. The van der Waals surface area contributed by atoms with E-state index in [1.54, 1.807) is 0 Å². The summed E-state index contributed by atoms with van der Waals surface area (Å²) in [5.41, 5.74) is 0.582. The van der Waals surface area contributed by atoms with Crippen LogP contribution in [-0.4, -0.2) is 60.9 Å². The van der Waals surface area contributed by atoms with Gasteiger partial charge in [-0.15, -0.1) is 0 Å². The zero-order valence-electron chi connectivity index (χ0n) is 14.6. The minimum atomic E-state index is 0.323. The van der Waals surface area contributed by atoms with Gasteiger partial charge in [0.1, 0.15) is 0 Å². The van der Waals surface area contributed by atoms with Crippen molar-refractivity contribution in [1.29, 1.82) is 0 Å². The van der Waals surface area contributed by atoms with Gasteiger partial charge in [0, 0.05) is 45.7 Å². The molecule has 5 heteroatoms. The van der Waals surface area contributed by atoms with Crippen LogP contribution in [0.15, 0.2) is 4.99 Å². The van der Waals surface area contributed by atoms with Crippen LogP contribution in [0.2, 0.25) is 0 Å². The molecular weight excluding hydrogens is 288 g/mol. The van der Waals surface area contributed by atoms with Crippen LogP contribution in [0.4, 0.5) is 0 Å². The molecule has 1 amide bonds. The van der Waals surface area contributed by atoms with Gasteiger partial charge in [0.25, 0.3) is 0 Å². The van der Waals surface area contributed by atoms with Crippen LogP contribution in [0, 0.1) is 5.41 Å². The Morgan fingerprint density at radius 2 is 2.04 bits per heavy atom. The molecule has 2 heterocycles. The van der Waals surface area contributed by atoms with Gasteiger partial charge in [-0.1, -0.05) is 12.8 Å². The van der Waals surface area contributed by atoms with Crippen molar-refractivity contribution in [2.24, 2.45) is 10.4 Å².